The summed E-state index contributed by atoms with van der Waals surface area (Å²) in [5.41, 5.74) is -2.08. The Labute approximate surface area is 154 Å². The van der Waals surface area contributed by atoms with Crippen molar-refractivity contribution in [3.8, 4) is 0 Å². The fourth-order valence-corrected chi connectivity index (χ4v) is 2.89. The van der Waals surface area contributed by atoms with E-state index in [4.69, 9.17) is 14.2 Å². The first-order valence-corrected chi connectivity index (χ1v) is 8.19. The van der Waals surface area contributed by atoms with E-state index >= 15 is 4.39 Å². The van der Waals surface area contributed by atoms with Gasteiger partial charge in [-0.2, -0.15) is 0 Å². The molecule has 0 aliphatic carbocycles. The van der Waals surface area contributed by atoms with Gasteiger partial charge in [0.2, 0.25) is 5.67 Å². The van der Waals surface area contributed by atoms with Crippen LogP contribution in [0.25, 0.3) is 0 Å². The zero-order valence-corrected chi connectivity index (χ0v) is 14.7. The van der Waals surface area contributed by atoms with Crippen LogP contribution in [0.2, 0.25) is 0 Å². The molecular formula is C20H17FO6. The minimum atomic E-state index is -2.57. The van der Waals surface area contributed by atoms with Gasteiger partial charge in [-0.05, 0) is 25.1 Å². The average molecular weight is 372 g/mol. The highest BCUT2D eigenvalue weighted by Crippen LogP contribution is 2.42. The molecule has 2 aromatic carbocycles. The first-order chi connectivity index (χ1) is 12.9. The maximum atomic E-state index is 15.0. The predicted octanol–water partition coefficient (Wildman–Crippen LogP) is 3.02. The molecule has 0 bridgehead atoms. The van der Waals surface area contributed by atoms with Crippen molar-refractivity contribution in [1.29, 1.82) is 0 Å². The van der Waals surface area contributed by atoms with Crippen molar-refractivity contribution in [2.75, 3.05) is 7.11 Å². The van der Waals surface area contributed by atoms with Gasteiger partial charge >= 0.3 is 17.9 Å². The maximum Gasteiger partial charge on any atom is 0.348 e. The molecule has 0 amide bonds. The van der Waals surface area contributed by atoms with E-state index in [1.54, 1.807) is 30.3 Å². The number of esters is 3. The van der Waals surface area contributed by atoms with Crippen LogP contribution in [0.4, 0.5) is 4.39 Å². The van der Waals surface area contributed by atoms with Gasteiger partial charge < -0.3 is 14.2 Å². The van der Waals surface area contributed by atoms with E-state index in [-0.39, 0.29) is 16.7 Å². The Hall–Kier alpha value is -3.22. The Balaban J connectivity index is 1.99. The third kappa shape index (κ3) is 3.40. The molecule has 0 spiro atoms. The lowest BCUT2D eigenvalue weighted by Crippen LogP contribution is -2.40. The highest BCUT2D eigenvalue weighted by atomic mass is 19.1. The minimum Gasteiger partial charge on any atom is -0.465 e. The van der Waals surface area contributed by atoms with Gasteiger partial charge in [0.25, 0.3) is 0 Å². The number of carbonyl (C=O) groups is 3. The molecule has 1 aliphatic rings. The minimum absolute atomic E-state index is 0.0938. The molecule has 3 atom stereocenters. The van der Waals surface area contributed by atoms with E-state index in [0.717, 1.165) is 6.92 Å². The molecule has 1 fully saturated rings. The van der Waals surface area contributed by atoms with E-state index in [9.17, 15) is 14.4 Å². The summed E-state index contributed by atoms with van der Waals surface area (Å²) in [6, 6.07) is 14.1. The van der Waals surface area contributed by atoms with E-state index in [1.807, 2.05) is 0 Å². The monoisotopic (exact) mass is 372 g/mol. The smallest absolute Gasteiger partial charge is 0.348 e. The molecular weight excluding hydrogens is 355 g/mol. The summed E-state index contributed by atoms with van der Waals surface area (Å²) in [6.07, 6.45) is -2.85. The molecule has 0 N–H and O–H groups in total. The Morgan fingerprint density at radius 2 is 1.67 bits per heavy atom. The van der Waals surface area contributed by atoms with Crippen molar-refractivity contribution in [2.24, 2.45) is 0 Å². The number of methoxy groups -OCH3 is 1. The van der Waals surface area contributed by atoms with Gasteiger partial charge in [-0.1, -0.05) is 36.4 Å². The normalized spacial score (nSPS) is 24.2. The molecule has 1 aliphatic heterocycles. The first-order valence-electron chi connectivity index (χ1n) is 8.19. The number of ether oxygens (including phenoxy) is 3. The SMILES string of the molecule is COC(=O)c1ccccc1[C@@H]1OC(=O)[C@@](C)(F)[C@@H]1OC(=O)c1ccccc1. The summed E-state index contributed by atoms with van der Waals surface area (Å²) in [5, 5.41) is 0. The van der Waals surface area contributed by atoms with Crippen molar-refractivity contribution in [3.05, 3.63) is 71.3 Å². The molecule has 0 aromatic heterocycles. The number of halogens is 1. The number of rotatable bonds is 4. The van der Waals surface area contributed by atoms with Crippen LogP contribution in [0.15, 0.2) is 54.6 Å². The zero-order chi connectivity index (χ0) is 19.6. The molecule has 2 aromatic rings. The van der Waals surface area contributed by atoms with Crippen molar-refractivity contribution in [1.82, 2.24) is 0 Å². The highest BCUT2D eigenvalue weighted by Gasteiger charge is 2.59. The fourth-order valence-electron chi connectivity index (χ4n) is 2.89. The fraction of sp³-hybridized carbons (Fsp3) is 0.250. The van der Waals surface area contributed by atoms with Crippen molar-refractivity contribution in [3.63, 3.8) is 0 Å². The van der Waals surface area contributed by atoms with Crippen LogP contribution in [0.5, 0.6) is 0 Å². The molecule has 27 heavy (non-hydrogen) atoms. The number of cyclic esters (lactones) is 1. The molecule has 1 saturated heterocycles. The maximum absolute atomic E-state index is 15.0. The van der Waals surface area contributed by atoms with E-state index in [0.29, 0.717) is 0 Å². The van der Waals surface area contributed by atoms with Gasteiger partial charge in [0.05, 0.1) is 18.2 Å². The molecule has 140 valence electrons. The molecule has 0 unspecified atom stereocenters. The topological polar surface area (TPSA) is 78.9 Å². The van der Waals surface area contributed by atoms with Crippen LogP contribution in [-0.2, 0) is 19.0 Å². The molecule has 6 nitrogen and oxygen atoms in total. The van der Waals surface area contributed by atoms with Crippen molar-refractivity contribution >= 4 is 17.9 Å². The third-order valence-electron chi connectivity index (χ3n) is 4.36. The van der Waals surface area contributed by atoms with E-state index in [1.165, 1.54) is 31.4 Å². The molecule has 7 heteroatoms. The highest BCUT2D eigenvalue weighted by molar-refractivity contribution is 5.93. The number of hydrogen-bond acceptors (Lipinski definition) is 6. The Morgan fingerprint density at radius 1 is 1.04 bits per heavy atom. The van der Waals surface area contributed by atoms with Crippen LogP contribution < -0.4 is 0 Å². The van der Waals surface area contributed by atoms with Gasteiger partial charge in [0.15, 0.2) is 12.2 Å². The number of hydrogen-bond donors (Lipinski definition) is 0. The number of carbonyl (C=O) groups excluding carboxylic acids is 3. The van der Waals surface area contributed by atoms with Gasteiger partial charge in [0, 0.05) is 5.56 Å². The molecule has 0 saturated carbocycles. The number of alkyl halides is 1. The predicted molar refractivity (Wildman–Crippen MR) is 91.8 cm³/mol. The summed E-state index contributed by atoms with van der Waals surface area (Å²) in [6.45, 7) is 0.985. The lowest BCUT2D eigenvalue weighted by Gasteiger charge is -2.24. The average Bonchev–Trinajstić information content (AvgIpc) is 2.91. The van der Waals surface area contributed by atoms with Gasteiger partial charge in [0.1, 0.15) is 0 Å². The first kappa shape index (κ1) is 18.6. The Morgan fingerprint density at radius 3 is 2.33 bits per heavy atom. The molecule has 3 rings (SSSR count). The summed E-state index contributed by atoms with van der Waals surface area (Å²) >= 11 is 0. The van der Waals surface area contributed by atoms with Gasteiger partial charge in [-0.15, -0.1) is 0 Å². The third-order valence-corrected chi connectivity index (χ3v) is 4.36. The zero-order valence-electron chi connectivity index (χ0n) is 14.7. The molecule has 0 radical (unpaired) electrons. The standard InChI is InChI=1S/C20H17FO6/c1-20(21)16(27-17(22)12-8-4-3-5-9-12)15(26-19(20)24)13-10-6-7-11-14(13)18(23)25-2/h3-11,15-16H,1-2H3/t15-,16+,20-/m0/s1. The van der Waals surface area contributed by atoms with Gasteiger partial charge in [-0.25, -0.2) is 18.8 Å². The molecule has 1 heterocycles. The lowest BCUT2D eigenvalue weighted by molar-refractivity contribution is -0.149. The van der Waals surface area contributed by atoms with Crippen LogP contribution in [0, 0.1) is 0 Å². The summed E-state index contributed by atoms with van der Waals surface area (Å²) in [7, 11) is 1.20. The Bertz CT molecular complexity index is 877. The summed E-state index contributed by atoms with van der Waals surface area (Å²) in [5.74, 6) is -2.65. The second-order valence-corrected chi connectivity index (χ2v) is 6.17. The van der Waals surface area contributed by atoms with Crippen LogP contribution in [-0.4, -0.2) is 36.8 Å². The quantitative estimate of drug-likeness (QED) is 0.606. The Kier molecular flexibility index (Phi) is 4.94. The lowest BCUT2D eigenvalue weighted by atomic mass is 9.92. The van der Waals surface area contributed by atoms with Crippen molar-refractivity contribution < 1.29 is 33.0 Å². The van der Waals surface area contributed by atoms with Crippen LogP contribution in [0.1, 0.15) is 39.3 Å². The summed E-state index contributed by atoms with van der Waals surface area (Å²) < 4.78 is 30.2. The van der Waals surface area contributed by atoms with Crippen molar-refractivity contribution in [2.45, 2.75) is 24.8 Å². The van der Waals surface area contributed by atoms with Gasteiger partial charge in [-0.3, -0.25) is 0 Å². The van der Waals surface area contributed by atoms with E-state index < -0.39 is 35.8 Å². The largest absolute Gasteiger partial charge is 0.465 e. The second-order valence-electron chi connectivity index (χ2n) is 6.17. The van der Waals surface area contributed by atoms with E-state index in [2.05, 4.69) is 0 Å². The number of benzene rings is 2. The second kappa shape index (κ2) is 7.19. The summed E-state index contributed by atoms with van der Waals surface area (Å²) in [4.78, 5) is 36.5. The van der Waals surface area contributed by atoms with Crippen LogP contribution >= 0.6 is 0 Å². The van der Waals surface area contributed by atoms with Crippen LogP contribution in [0.3, 0.4) is 0 Å².